The molecule has 1 aromatic rings. The molecule has 0 aromatic heterocycles. The molecule has 0 radical (unpaired) electrons. The summed E-state index contributed by atoms with van der Waals surface area (Å²) in [6, 6.07) is 5.75. The van der Waals surface area contributed by atoms with Crippen LogP contribution in [0.3, 0.4) is 0 Å². The van der Waals surface area contributed by atoms with Crippen LogP contribution in [0.25, 0.3) is 0 Å². The molecule has 6 nitrogen and oxygen atoms in total. The Labute approximate surface area is 111 Å². The number of amides is 1. The lowest BCUT2D eigenvalue weighted by Gasteiger charge is -2.42. The predicted octanol–water partition coefficient (Wildman–Crippen LogP) is 1.42. The van der Waals surface area contributed by atoms with Crippen molar-refractivity contribution in [3.63, 3.8) is 0 Å². The van der Waals surface area contributed by atoms with Crippen molar-refractivity contribution in [3.05, 3.63) is 39.9 Å². The Kier molecular flexibility index (Phi) is 3.53. The summed E-state index contributed by atoms with van der Waals surface area (Å²) < 4.78 is 0. The standard InChI is InChI=1S/C13H17N3O3/c1-13(2)9-14-7-8-15(13)12(17)10-3-5-11(6-4-10)16(18)19/h3-6,14H,7-9H2,1-2H3. The molecule has 1 N–H and O–H groups in total. The molecule has 0 bridgehead atoms. The summed E-state index contributed by atoms with van der Waals surface area (Å²) >= 11 is 0. The SMILES string of the molecule is CC1(C)CNCCN1C(=O)c1ccc([N+](=O)[O-])cc1. The van der Waals surface area contributed by atoms with Gasteiger partial charge in [0.2, 0.25) is 0 Å². The van der Waals surface area contributed by atoms with E-state index < -0.39 is 4.92 Å². The third-order valence-electron chi connectivity index (χ3n) is 3.37. The van der Waals surface area contributed by atoms with Gasteiger partial charge in [-0.25, -0.2) is 0 Å². The van der Waals surface area contributed by atoms with Crippen molar-refractivity contribution in [1.29, 1.82) is 0 Å². The number of non-ortho nitro benzene ring substituents is 1. The number of nitrogens with zero attached hydrogens (tertiary/aromatic N) is 2. The number of rotatable bonds is 2. The summed E-state index contributed by atoms with van der Waals surface area (Å²) in [6.45, 7) is 6.15. The molecule has 1 aliphatic heterocycles. The van der Waals surface area contributed by atoms with E-state index >= 15 is 0 Å². The van der Waals surface area contributed by atoms with Crippen molar-refractivity contribution in [1.82, 2.24) is 10.2 Å². The molecule has 1 heterocycles. The summed E-state index contributed by atoms with van der Waals surface area (Å²) in [5.74, 6) is -0.0820. The van der Waals surface area contributed by atoms with E-state index in [9.17, 15) is 14.9 Å². The topological polar surface area (TPSA) is 75.5 Å². The molecular formula is C13H17N3O3. The minimum Gasteiger partial charge on any atom is -0.331 e. The van der Waals surface area contributed by atoms with Crippen LogP contribution in [0.5, 0.6) is 0 Å². The molecular weight excluding hydrogens is 246 g/mol. The Morgan fingerprint density at radius 1 is 1.37 bits per heavy atom. The van der Waals surface area contributed by atoms with E-state index in [-0.39, 0.29) is 17.1 Å². The van der Waals surface area contributed by atoms with Gasteiger partial charge >= 0.3 is 0 Å². The van der Waals surface area contributed by atoms with Crippen LogP contribution >= 0.6 is 0 Å². The summed E-state index contributed by atoms with van der Waals surface area (Å²) in [4.78, 5) is 24.4. The first-order chi connectivity index (χ1) is 8.92. The Morgan fingerprint density at radius 2 is 2.00 bits per heavy atom. The van der Waals surface area contributed by atoms with Gasteiger partial charge in [-0.05, 0) is 26.0 Å². The van der Waals surface area contributed by atoms with Gasteiger partial charge in [0, 0.05) is 37.3 Å². The number of carbonyl (C=O) groups is 1. The number of benzene rings is 1. The van der Waals surface area contributed by atoms with Gasteiger partial charge in [-0.3, -0.25) is 14.9 Å². The van der Waals surface area contributed by atoms with Gasteiger partial charge < -0.3 is 10.2 Å². The van der Waals surface area contributed by atoms with E-state index in [4.69, 9.17) is 0 Å². The molecule has 1 amide bonds. The van der Waals surface area contributed by atoms with Gasteiger partial charge in [-0.15, -0.1) is 0 Å². The molecule has 0 aliphatic carbocycles. The van der Waals surface area contributed by atoms with Crippen LogP contribution in [0, 0.1) is 10.1 Å². The smallest absolute Gasteiger partial charge is 0.269 e. The van der Waals surface area contributed by atoms with Gasteiger partial charge in [-0.1, -0.05) is 0 Å². The van der Waals surface area contributed by atoms with E-state index in [1.807, 2.05) is 18.7 Å². The van der Waals surface area contributed by atoms with Crippen LogP contribution in [0.4, 0.5) is 5.69 Å². The molecule has 1 aromatic carbocycles. The van der Waals surface area contributed by atoms with Crippen LogP contribution in [0.2, 0.25) is 0 Å². The number of nitro groups is 1. The fourth-order valence-corrected chi connectivity index (χ4v) is 2.24. The Hall–Kier alpha value is -1.95. The van der Waals surface area contributed by atoms with Crippen molar-refractivity contribution < 1.29 is 9.72 Å². The van der Waals surface area contributed by atoms with Crippen LogP contribution in [-0.2, 0) is 0 Å². The van der Waals surface area contributed by atoms with Crippen LogP contribution in [-0.4, -0.2) is 40.9 Å². The average Bonchev–Trinajstić information content (AvgIpc) is 2.37. The summed E-state index contributed by atoms with van der Waals surface area (Å²) in [5.41, 5.74) is 0.230. The zero-order valence-electron chi connectivity index (χ0n) is 11.0. The number of nitro benzene ring substituents is 1. The maximum Gasteiger partial charge on any atom is 0.269 e. The van der Waals surface area contributed by atoms with Crippen molar-refractivity contribution in [2.45, 2.75) is 19.4 Å². The predicted molar refractivity (Wildman–Crippen MR) is 71.1 cm³/mol. The molecule has 1 fully saturated rings. The zero-order valence-corrected chi connectivity index (χ0v) is 11.0. The quantitative estimate of drug-likeness (QED) is 0.646. The van der Waals surface area contributed by atoms with Gasteiger partial charge in [0.1, 0.15) is 0 Å². The molecule has 0 saturated carbocycles. The third-order valence-corrected chi connectivity index (χ3v) is 3.37. The fourth-order valence-electron chi connectivity index (χ4n) is 2.24. The minimum atomic E-state index is -0.469. The van der Waals surface area contributed by atoms with Gasteiger partial charge in [0.25, 0.3) is 11.6 Å². The van der Waals surface area contributed by atoms with Crippen LogP contribution in [0.1, 0.15) is 24.2 Å². The summed E-state index contributed by atoms with van der Waals surface area (Å²) in [6.07, 6.45) is 0. The third kappa shape index (κ3) is 2.73. The van der Waals surface area contributed by atoms with Gasteiger partial charge in [0.15, 0.2) is 0 Å². The first-order valence-electron chi connectivity index (χ1n) is 6.19. The summed E-state index contributed by atoms with van der Waals surface area (Å²) in [7, 11) is 0. The molecule has 0 unspecified atom stereocenters. The molecule has 2 rings (SSSR count). The van der Waals surface area contributed by atoms with E-state index in [2.05, 4.69) is 5.32 Å². The number of nitrogens with one attached hydrogen (secondary N) is 1. The average molecular weight is 263 g/mol. The highest BCUT2D eigenvalue weighted by atomic mass is 16.6. The molecule has 6 heteroatoms. The Bertz CT molecular complexity index is 496. The van der Waals surface area contributed by atoms with Crippen molar-refractivity contribution >= 4 is 11.6 Å². The second-order valence-corrected chi connectivity index (χ2v) is 5.25. The lowest BCUT2D eigenvalue weighted by atomic mass is 9.98. The molecule has 102 valence electrons. The van der Waals surface area contributed by atoms with Gasteiger partial charge in [0.05, 0.1) is 10.5 Å². The molecule has 0 spiro atoms. The molecule has 0 atom stereocenters. The molecule has 1 aliphatic rings. The maximum absolute atomic E-state index is 12.4. The van der Waals surface area contributed by atoms with Crippen molar-refractivity contribution in [3.8, 4) is 0 Å². The molecule has 19 heavy (non-hydrogen) atoms. The second-order valence-electron chi connectivity index (χ2n) is 5.25. The zero-order chi connectivity index (χ0) is 14.0. The lowest BCUT2D eigenvalue weighted by Crippen LogP contribution is -2.59. The summed E-state index contributed by atoms with van der Waals surface area (Å²) in [5, 5.41) is 13.8. The highest BCUT2D eigenvalue weighted by Gasteiger charge is 2.33. The van der Waals surface area contributed by atoms with E-state index in [0.717, 1.165) is 13.1 Å². The van der Waals surface area contributed by atoms with Crippen LogP contribution in [0.15, 0.2) is 24.3 Å². The normalized spacial score (nSPS) is 18.1. The largest absolute Gasteiger partial charge is 0.331 e. The second kappa shape index (κ2) is 4.97. The van der Waals surface area contributed by atoms with Gasteiger partial charge in [-0.2, -0.15) is 0 Å². The highest BCUT2D eigenvalue weighted by molar-refractivity contribution is 5.95. The number of carbonyl (C=O) groups excluding carboxylic acids is 1. The fraction of sp³-hybridized carbons (Fsp3) is 0.462. The minimum absolute atomic E-state index is 0.00359. The van der Waals surface area contributed by atoms with E-state index in [1.54, 1.807) is 0 Å². The lowest BCUT2D eigenvalue weighted by molar-refractivity contribution is -0.384. The number of hydrogen-bond acceptors (Lipinski definition) is 4. The number of piperazine rings is 1. The number of hydrogen-bond donors (Lipinski definition) is 1. The maximum atomic E-state index is 12.4. The first kappa shape index (κ1) is 13.5. The first-order valence-corrected chi connectivity index (χ1v) is 6.19. The monoisotopic (exact) mass is 263 g/mol. The molecule has 1 saturated heterocycles. The van der Waals surface area contributed by atoms with Crippen molar-refractivity contribution in [2.24, 2.45) is 0 Å². The Morgan fingerprint density at radius 3 is 2.53 bits per heavy atom. The van der Waals surface area contributed by atoms with Crippen LogP contribution < -0.4 is 5.32 Å². The van der Waals surface area contributed by atoms with Crippen molar-refractivity contribution in [2.75, 3.05) is 19.6 Å². The highest BCUT2D eigenvalue weighted by Crippen LogP contribution is 2.20. The Balaban J connectivity index is 2.21. The van der Waals surface area contributed by atoms with E-state index in [1.165, 1.54) is 24.3 Å². The van der Waals surface area contributed by atoms with E-state index in [0.29, 0.717) is 12.1 Å².